The number of thioether (sulfide) groups is 1. The molecule has 0 amide bonds. The molecule has 0 saturated heterocycles. The van der Waals surface area contributed by atoms with Gasteiger partial charge in [0.2, 0.25) is 0 Å². The van der Waals surface area contributed by atoms with Crippen LogP contribution in [0.5, 0.6) is 0 Å². The number of aromatic nitrogens is 1. The molecule has 0 aliphatic carbocycles. The van der Waals surface area contributed by atoms with E-state index in [1.165, 1.54) is 6.07 Å². The fourth-order valence-electron chi connectivity index (χ4n) is 1.50. The van der Waals surface area contributed by atoms with Crippen LogP contribution in [0.1, 0.15) is 23.8 Å². The minimum absolute atomic E-state index is 0.218. The minimum atomic E-state index is -4.31. The van der Waals surface area contributed by atoms with E-state index in [-0.39, 0.29) is 29.8 Å². The highest BCUT2D eigenvalue weighted by Gasteiger charge is 2.27. The number of carbonyl (C=O) groups excluding carboxylic acids is 1. The van der Waals surface area contributed by atoms with Crippen molar-refractivity contribution in [1.29, 1.82) is 0 Å². The Bertz CT molecular complexity index is 432. The quantitative estimate of drug-likeness (QED) is 0.648. The molecule has 4 nitrogen and oxygen atoms in total. The van der Waals surface area contributed by atoms with E-state index < -0.39 is 11.5 Å². The predicted molar refractivity (Wildman–Crippen MR) is 67.9 cm³/mol. The SMILES string of the molecule is CCCn1cc(N)cc1C(=O)OCCSC(F)(F)F. The van der Waals surface area contributed by atoms with Gasteiger partial charge in [-0.2, -0.15) is 13.2 Å². The van der Waals surface area contributed by atoms with Gasteiger partial charge in [-0.3, -0.25) is 0 Å². The fourth-order valence-corrected chi connectivity index (χ4v) is 1.89. The van der Waals surface area contributed by atoms with Crippen molar-refractivity contribution in [1.82, 2.24) is 4.57 Å². The van der Waals surface area contributed by atoms with Gasteiger partial charge in [0.15, 0.2) is 0 Å². The summed E-state index contributed by atoms with van der Waals surface area (Å²) in [5.74, 6) is -0.980. The van der Waals surface area contributed by atoms with Gasteiger partial charge in [0.1, 0.15) is 12.3 Å². The Balaban J connectivity index is 2.49. The van der Waals surface area contributed by atoms with Gasteiger partial charge >= 0.3 is 11.5 Å². The van der Waals surface area contributed by atoms with E-state index in [1.807, 2.05) is 6.92 Å². The molecule has 0 aromatic carbocycles. The summed E-state index contributed by atoms with van der Waals surface area (Å²) in [6.45, 7) is 2.24. The third kappa shape index (κ3) is 5.46. The van der Waals surface area contributed by atoms with Crippen LogP contribution in [-0.4, -0.2) is 28.4 Å². The first-order valence-corrected chi connectivity index (χ1v) is 6.65. The number of alkyl halides is 3. The molecule has 0 bridgehead atoms. The van der Waals surface area contributed by atoms with Gasteiger partial charge in [0, 0.05) is 18.5 Å². The van der Waals surface area contributed by atoms with Crippen LogP contribution in [0.4, 0.5) is 18.9 Å². The first-order chi connectivity index (χ1) is 8.83. The maximum absolute atomic E-state index is 11.9. The van der Waals surface area contributed by atoms with Crippen molar-refractivity contribution in [2.24, 2.45) is 0 Å². The molecule has 0 fully saturated rings. The average Bonchev–Trinajstić information content (AvgIpc) is 2.65. The maximum Gasteiger partial charge on any atom is 0.441 e. The van der Waals surface area contributed by atoms with Crippen LogP contribution >= 0.6 is 11.8 Å². The number of nitrogens with two attached hydrogens (primary N) is 1. The normalized spacial score (nSPS) is 11.6. The smallest absolute Gasteiger partial charge is 0.441 e. The Kier molecular flexibility index (Phi) is 5.59. The average molecular weight is 296 g/mol. The zero-order chi connectivity index (χ0) is 14.5. The van der Waals surface area contributed by atoms with E-state index in [0.29, 0.717) is 12.2 Å². The van der Waals surface area contributed by atoms with Crippen molar-refractivity contribution in [3.63, 3.8) is 0 Å². The monoisotopic (exact) mass is 296 g/mol. The highest BCUT2D eigenvalue weighted by Crippen LogP contribution is 2.29. The number of hydrogen-bond acceptors (Lipinski definition) is 4. The van der Waals surface area contributed by atoms with Crippen LogP contribution in [0.15, 0.2) is 12.3 Å². The van der Waals surface area contributed by atoms with Crippen molar-refractivity contribution in [2.45, 2.75) is 25.4 Å². The van der Waals surface area contributed by atoms with E-state index in [0.717, 1.165) is 6.42 Å². The molecule has 108 valence electrons. The number of rotatable bonds is 6. The predicted octanol–water partition coefficient (Wildman–Crippen LogP) is 2.89. The summed E-state index contributed by atoms with van der Waals surface area (Å²) in [4.78, 5) is 11.7. The highest BCUT2D eigenvalue weighted by molar-refractivity contribution is 8.00. The first-order valence-electron chi connectivity index (χ1n) is 5.67. The minimum Gasteiger partial charge on any atom is -0.460 e. The summed E-state index contributed by atoms with van der Waals surface area (Å²) < 4.78 is 42.0. The van der Waals surface area contributed by atoms with Crippen LogP contribution in [0.2, 0.25) is 0 Å². The number of aryl methyl sites for hydroxylation is 1. The van der Waals surface area contributed by atoms with Gasteiger partial charge in [-0.05, 0) is 24.2 Å². The number of esters is 1. The molecule has 1 rings (SSSR count). The molecular formula is C11H15F3N2O2S. The fraction of sp³-hybridized carbons (Fsp3) is 0.545. The van der Waals surface area contributed by atoms with Gasteiger partial charge in [-0.15, -0.1) is 0 Å². The van der Waals surface area contributed by atoms with E-state index in [2.05, 4.69) is 0 Å². The second kappa shape index (κ2) is 6.74. The van der Waals surface area contributed by atoms with E-state index >= 15 is 0 Å². The zero-order valence-electron chi connectivity index (χ0n) is 10.4. The molecule has 0 aliphatic rings. The van der Waals surface area contributed by atoms with Gasteiger partial charge in [-0.25, -0.2) is 4.79 Å². The number of anilines is 1. The number of nitrogens with zero attached hydrogens (tertiary/aromatic N) is 1. The summed E-state index contributed by atoms with van der Waals surface area (Å²) in [6.07, 6.45) is 2.41. The van der Waals surface area contributed by atoms with Crippen molar-refractivity contribution < 1.29 is 22.7 Å². The molecule has 0 atom stereocenters. The summed E-state index contributed by atoms with van der Waals surface area (Å²) in [5, 5.41) is 0. The van der Waals surface area contributed by atoms with Gasteiger partial charge in [0.25, 0.3) is 0 Å². The van der Waals surface area contributed by atoms with Crippen molar-refractivity contribution in [2.75, 3.05) is 18.1 Å². The summed E-state index contributed by atoms with van der Waals surface area (Å²) in [5.41, 5.74) is 1.95. The lowest BCUT2D eigenvalue weighted by atomic mass is 10.4. The van der Waals surface area contributed by atoms with Crippen molar-refractivity contribution in [3.05, 3.63) is 18.0 Å². The Hall–Kier alpha value is -1.31. The summed E-state index contributed by atoms with van der Waals surface area (Å²) >= 11 is -0.218. The molecule has 0 unspecified atom stereocenters. The Morgan fingerprint density at radius 2 is 2.21 bits per heavy atom. The summed E-state index contributed by atoms with van der Waals surface area (Å²) in [7, 11) is 0. The van der Waals surface area contributed by atoms with E-state index in [4.69, 9.17) is 10.5 Å². The molecule has 0 saturated carbocycles. The lowest BCUT2D eigenvalue weighted by molar-refractivity contribution is -0.0331. The topological polar surface area (TPSA) is 57.2 Å². The van der Waals surface area contributed by atoms with Crippen molar-refractivity contribution in [3.8, 4) is 0 Å². The number of nitrogen functional groups attached to an aromatic ring is 1. The molecule has 1 aromatic heterocycles. The van der Waals surface area contributed by atoms with Crippen LogP contribution in [-0.2, 0) is 11.3 Å². The molecule has 1 heterocycles. The largest absolute Gasteiger partial charge is 0.460 e. The molecule has 1 aromatic rings. The van der Waals surface area contributed by atoms with Crippen LogP contribution in [0.25, 0.3) is 0 Å². The summed E-state index contributed by atoms with van der Waals surface area (Å²) in [6, 6.07) is 1.45. The number of halogens is 3. The van der Waals surface area contributed by atoms with Gasteiger partial charge < -0.3 is 15.0 Å². The number of hydrogen-bond donors (Lipinski definition) is 1. The Morgan fingerprint density at radius 1 is 1.53 bits per heavy atom. The Labute approximate surface area is 113 Å². The third-order valence-electron chi connectivity index (χ3n) is 2.17. The number of carbonyl (C=O) groups is 1. The highest BCUT2D eigenvalue weighted by atomic mass is 32.2. The lowest BCUT2D eigenvalue weighted by Crippen LogP contribution is -2.14. The first kappa shape index (κ1) is 15.7. The van der Waals surface area contributed by atoms with E-state index in [9.17, 15) is 18.0 Å². The van der Waals surface area contributed by atoms with E-state index in [1.54, 1.807) is 10.8 Å². The standard InChI is InChI=1S/C11H15F3N2O2S/c1-2-3-16-7-8(15)6-9(16)10(17)18-4-5-19-11(12,13)14/h6-7H,2-5,15H2,1H3. The molecule has 8 heteroatoms. The van der Waals surface area contributed by atoms with Crippen LogP contribution < -0.4 is 5.73 Å². The van der Waals surface area contributed by atoms with Crippen LogP contribution in [0, 0.1) is 0 Å². The Morgan fingerprint density at radius 3 is 2.79 bits per heavy atom. The lowest BCUT2D eigenvalue weighted by Gasteiger charge is -2.08. The molecule has 0 radical (unpaired) electrons. The molecule has 19 heavy (non-hydrogen) atoms. The van der Waals surface area contributed by atoms with Gasteiger partial charge in [0.05, 0.1) is 5.69 Å². The van der Waals surface area contributed by atoms with Crippen LogP contribution in [0.3, 0.4) is 0 Å². The van der Waals surface area contributed by atoms with Gasteiger partial charge in [-0.1, -0.05) is 6.92 Å². The third-order valence-corrected chi connectivity index (χ3v) is 2.87. The second-order valence-electron chi connectivity index (χ2n) is 3.78. The second-order valence-corrected chi connectivity index (χ2v) is 4.94. The molecule has 0 aliphatic heterocycles. The molecular weight excluding hydrogens is 281 g/mol. The molecule has 2 N–H and O–H groups in total. The molecule has 0 spiro atoms. The zero-order valence-corrected chi connectivity index (χ0v) is 11.2. The number of ether oxygens (including phenoxy) is 1. The van der Waals surface area contributed by atoms with Crippen molar-refractivity contribution >= 4 is 23.4 Å². The maximum atomic E-state index is 11.9.